The van der Waals surface area contributed by atoms with Crippen molar-refractivity contribution in [2.45, 2.75) is 13.8 Å². The molecule has 0 aliphatic rings. The van der Waals surface area contributed by atoms with E-state index in [0.29, 0.717) is 5.69 Å². The van der Waals surface area contributed by atoms with Gasteiger partial charge in [0, 0.05) is 5.69 Å². The molecule has 1 aromatic carbocycles. The minimum atomic E-state index is -0.598. The second kappa shape index (κ2) is 5.52. The van der Waals surface area contributed by atoms with Gasteiger partial charge in [0.15, 0.2) is 0 Å². The number of aryl methyl sites for hydroxylation is 1. The van der Waals surface area contributed by atoms with Crippen molar-refractivity contribution in [3.05, 3.63) is 57.9 Å². The van der Waals surface area contributed by atoms with Gasteiger partial charge in [0.1, 0.15) is 5.56 Å². The Bertz CT molecular complexity index is 641. The molecule has 0 bridgehead atoms. The lowest BCUT2D eigenvalue weighted by atomic mass is 10.1. The maximum atomic E-state index is 11.8. The molecule has 0 saturated carbocycles. The summed E-state index contributed by atoms with van der Waals surface area (Å²) in [6.07, 6.45) is 0. The Labute approximate surface area is 111 Å². The highest BCUT2D eigenvalue weighted by Gasteiger charge is 2.11. The lowest BCUT2D eigenvalue weighted by molar-refractivity contribution is 0.0524. The predicted octanol–water partition coefficient (Wildman–Crippen LogP) is 2.53. The molecule has 1 N–H and O–H groups in total. The SMILES string of the molecule is CCOC(=O)c1ccc(-c2ccc(C)cc2)[nH]c1=O. The Morgan fingerprint density at radius 2 is 1.84 bits per heavy atom. The van der Waals surface area contributed by atoms with Crippen LogP contribution in [0.15, 0.2) is 41.2 Å². The second-order valence-electron chi connectivity index (χ2n) is 4.20. The van der Waals surface area contributed by atoms with E-state index < -0.39 is 11.5 Å². The van der Waals surface area contributed by atoms with E-state index in [9.17, 15) is 9.59 Å². The molecule has 2 aromatic rings. The van der Waals surface area contributed by atoms with Crippen LogP contribution < -0.4 is 5.56 Å². The van der Waals surface area contributed by atoms with Crippen LogP contribution in [0.25, 0.3) is 11.3 Å². The van der Waals surface area contributed by atoms with Gasteiger partial charge in [-0.1, -0.05) is 29.8 Å². The molecule has 4 heteroatoms. The summed E-state index contributed by atoms with van der Waals surface area (Å²) >= 11 is 0. The average Bonchev–Trinajstić information content (AvgIpc) is 2.39. The van der Waals surface area contributed by atoms with Crippen LogP contribution in [0.5, 0.6) is 0 Å². The predicted molar refractivity (Wildman–Crippen MR) is 73.2 cm³/mol. The topological polar surface area (TPSA) is 59.2 Å². The molecule has 19 heavy (non-hydrogen) atoms. The first kappa shape index (κ1) is 13.1. The third kappa shape index (κ3) is 2.91. The van der Waals surface area contributed by atoms with Crippen molar-refractivity contribution in [1.82, 2.24) is 4.98 Å². The van der Waals surface area contributed by atoms with Crippen LogP contribution in [-0.2, 0) is 4.74 Å². The van der Waals surface area contributed by atoms with Crippen LogP contribution in [0.4, 0.5) is 0 Å². The van der Waals surface area contributed by atoms with Crippen molar-refractivity contribution in [3.8, 4) is 11.3 Å². The first-order valence-corrected chi connectivity index (χ1v) is 6.09. The summed E-state index contributed by atoms with van der Waals surface area (Å²) < 4.78 is 4.81. The summed E-state index contributed by atoms with van der Waals surface area (Å²) in [5.74, 6) is -0.598. The maximum Gasteiger partial charge on any atom is 0.343 e. The number of ether oxygens (including phenoxy) is 1. The number of pyridine rings is 1. The molecule has 0 atom stereocenters. The van der Waals surface area contributed by atoms with Gasteiger partial charge in [0.2, 0.25) is 0 Å². The molecule has 1 aromatic heterocycles. The zero-order chi connectivity index (χ0) is 13.8. The molecule has 1 heterocycles. The van der Waals surface area contributed by atoms with Gasteiger partial charge in [-0.05, 0) is 31.5 Å². The average molecular weight is 257 g/mol. The molecular weight excluding hydrogens is 242 g/mol. The van der Waals surface area contributed by atoms with Crippen molar-refractivity contribution in [3.63, 3.8) is 0 Å². The molecule has 98 valence electrons. The molecule has 0 spiro atoms. The van der Waals surface area contributed by atoms with Crippen molar-refractivity contribution in [2.24, 2.45) is 0 Å². The van der Waals surface area contributed by atoms with Crippen LogP contribution in [-0.4, -0.2) is 17.6 Å². The molecule has 0 saturated heterocycles. The van der Waals surface area contributed by atoms with Crippen molar-refractivity contribution in [2.75, 3.05) is 6.61 Å². The van der Waals surface area contributed by atoms with Crippen LogP contribution in [0.1, 0.15) is 22.8 Å². The minimum absolute atomic E-state index is 0.0257. The van der Waals surface area contributed by atoms with E-state index in [4.69, 9.17) is 4.74 Å². The number of carbonyl (C=O) groups is 1. The molecule has 0 fully saturated rings. The molecule has 0 unspecified atom stereocenters. The quantitative estimate of drug-likeness (QED) is 0.859. The number of esters is 1. The zero-order valence-corrected chi connectivity index (χ0v) is 10.9. The summed E-state index contributed by atoms with van der Waals surface area (Å²) in [4.78, 5) is 26.1. The largest absolute Gasteiger partial charge is 0.462 e. The maximum absolute atomic E-state index is 11.8. The number of aromatic nitrogens is 1. The van der Waals surface area contributed by atoms with Gasteiger partial charge in [-0.15, -0.1) is 0 Å². The highest BCUT2D eigenvalue weighted by atomic mass is 16.5. The standard InChI is InChI=1S/C15H15NO3/c1-3-19-15(18)12-8-9-13(16-14(12)17)11-6-4-10(2)5-7-11/h4-9H,3H2,1-2H3,(H,16,17). The van der Waals surface area contributed by atoms with E-state index in [-0.39, 0.29) is 12.2 Å². The normalized spacial score (nSPS) is 10.2. The Morgan fingerprint density at radius 3 is 2.42 bits per heavy atom. The van der Waals surface area contributed by atoms with E-state index >= 15 is 0 Å². The number of carbonyl (C=O) groups excluding carboxylic acids is 1. The molecule has 0 aliphatic carbocycles. The lowest BCUT2D eigenvalue weighted by Crippen LogP contribution is -2.19. The first-order chi connectivity index (χ1) is 9.11. The summed E-state index contributed by atoms with van der Waals surface area (Å²) in [5.41, 5.74) is 2.32. The fraction of sp³-hybridized carbons (Fsp3) is 0.200. The lowest BCUT2D eigenvalue weighted by Gasteiger charge is -2.04. The molecule has 0 radical (unpaired) electrons. The number of hydrogen-bond donors (Lipinski definition) is 1. The molecule has 4 nitrogen and oxygen atoms in total. The van der Waals surface area contributed by atoms with Crippen LogP contribution >= 0.6 is 0 Å². The second-order valence-corrected chi connectivity index (χ2v) is 4.20. The monoisotopic (exact) mass is 257 g/mol. The summed E-state index contributed by atoms with van der Waals surface area (Å²) in [5, 5.41) is 0. The number of nitrogens with one attached hydrogen (secondary N) is 1. The Morgan fingerprint density at radius 1 is 1.16 bits per heavy atom. The summed E-state index contributed by atoms with van der Waals surface area (Å²) in [6, 6.07) is 11.0. The van der Waals surface area contributed by atoms with E-state index in [1.54, 1.807) is 13.0 Å². The molecule has 0 aliphatic heterocycles. The minimum Gasteiger partial charge on any atom is -0.462 e. The third-order valence-corrected chi connectivity index (χ3v) is 2.77. The van der Waals surface area contributed by atoms with Gasteiger partial charge in [0.05, 0.1) is 6.61 Å². The summed E-state index contributed by atoms with van der Waals surface area (Å²) in [7, 11) is 0. The Kier molecular flexibility index (Phi) is 3.80. The molecule has 0 amide bonds. The smallest absolute Gasteiger partial charge is 0.343 e. The number of H-pyrrole nitrogens is 1. The van der Waals surface area contributed by atoms with Crippen LogP contribution in [0, 0.1) is 6.92 Å². The van der Waals surface area contributed by atoms with E-state index in [1.165, 1.54) is 6.07 Å². The number of aromatic amines is 1. The van der Waals surface area contributed by atoms with E-state index in [0.717, 1.165) is 11.1 Å². The molecular formula is C15H15NO3. The van der Waals surface area contributed by atoms with E-state index in [2.05, 4.69) is 4.98 Å². The van der Waals surface area contributed by atoms with E-state index in [1.807, 2.05) is 31.2 Å². The van der Waals surface area contributed by atoms with Gasteiger partial charge in [-0.2, -0.15) is 0 Å². The van der Waals surface area contributed by atoms with Crippen molar-refractivity contribution in [1.29, 1.82) is 0 Å². The van der Waals surface area contributed by atoms with Gasteiger partial charge in [0.25, 0.3) is 5.56 Å². The van der Waals surface area contributed by atoms with Crippen molar-refractivity contribution < 1.29 is 9.53 Å². The third-order valence-electron chi connectivity index (χ3n) is 2.77. The first-order valence-electron chi connectivity index (χ1n) is 6.09. The van der Waals surface area contributed by atoms with Crippen LogP contribution in [0.2, 0.25) is 0 Å². The number of hydrogen-bond acceptors (Lipinski definition) is 3. The Hall–Kier alpha value is -2.36. The Balaban J connectivity index is 2.36. The van der Waals surface area contributed by atoms with Gasteiger partial charge in [-0.3, -0.25) is 4.79 Å². The zero-order valence-electron chi connectivity index (χ0n) is 10.9. The van der Waals surface area contributed by atoms with Gasteiger partial charge < -0.3 is 9.72 Å². The summed E-state index contributed by atoms with van der Waals surface area (Å²) in [6.45, 7) is 3.95. The fourth-order valence-corrected chi connectivity index (χ4v) is 1.74. The number of rotatable bonds is 3. The van der Waals surface area contributed by atoms with Crippen molar-refractivity contribution >= 4 is 5.97 Å². The fourth-order valence-electron chi connectivity index (χ4n) is 1.74. The van der Waals surface area contributed by atoms with Gasteiger partial charge >= 0.3 is 5.97 Å². The molecule has 2 rings (SSSR count). The van der Waals surface area contributed by atoms with Crippen LogP contribution in [0.3, 0.4) is 0 Å². The number of benzene rings is 1. The highest BCUT2D eigenvalue weighted by molar-refractivity contribution is 5.89. The highest BCUT2D eigenvalue weighted by Crippen LogP contribution is 2.16. The van der Waals surface area contributed by atoms with Gasteiger partial charge in [-0.25, -0.2) is 4.79 Å².